The number of nitrogens with zero attached hydrogens (tertiary/aromatic N) is 4. The van der Waals surface area contributed by atoms with Crippen LogP contribution in [-0.4, -0.2) is 57.2 Å². The molecule has 2 rings (SSSR count). The summed E-state index contributed by atoms with van der Waals surface area (Å²) < 4.78 is 37.2. The first-order valence-electron chi connectivity index (χ1n) is 7.83. The number of methoxy groups -OCH3 is 1. The number of hydrogen-bond donors (Lipinski definition) is 2. The molecular weight excluding hydrogens is 424 g/mol. The summed E-state index contributed by atoms with van der Waals surface area (Å²) in [6.45, 7) is -0.172. The van der Waals surface area contributed by atoms with E-state index in [1.165, 1.54) is 19.2 Å². The Balaban J connectivity index is 2.26. The van der Waals surface area contributed by atoms with Crippen LogP contribution < -0.4 is 24.4 Å². The summed E-state index contributed by atoms with van der Waals surface area (Å²) in [5.41, 5.74) is 0. The normalized spacial score (nSPS) is 10.6. The number of rotatable bonds is 7. The SMILES string of the molecule is C#CCOc1ccc(Cl)cc1S(=O)(=O)NC(=O)Nc1nc(OC)nc(N(C)C)n1. The van der Waals surface area contributed by atoms with E-state index >= 15 is 0 Å². The van der Waals surface area contributed by atoms with Gasteiger partial charge in [-0.25, -0.2) is 17.9 Å². The lowest BCUT2D eigenvalue weighted by Crippen LogP contribution is -2.35. The minimum atomic E-state index is -4.36. The summed E-state index contributed by atoms with van der Waals surface area (Å²) in [6, 6.07) is 2.69. The van der Waals surface area contributed by atoms with E-state index in [-0.39, 0.29) is 40.2 Å². The van der Waals surface area contributed by atoms with Crippen LogP contribution in [0.2, 0.25) is 5.02 Å². The number of urea groups is 1. The third kappa shape index (κ3) is 5.84. The van der Waals surface area contributed by atoms with Crippen LogP contribution in [0.4, 0.5) is 16.7 Å². The fraction of sp³-hybridized carbons (Fsp3) is 0.250. The van der Waals surface area contributed by atoms with Gasteiger partial charge in [0.2, 0.25) is 11.9 Å². The van der Waals surface area contributed by atoms with Crippen molar-refractivity contribution in [2.24, 2.45) is 0 Å². The number of sulfonamides is 1. The minimum absolute atomic E-state index is 0.0654. The van der Waals surface area contributed by atoms with E-state index in [4.69, 9.17) is 27.5 Å². The molecule has 1 heterocycles. The number of carbonyl (C=O) groups excluding carboxylic acids is 1. The lowest BCUT2D eigenvalue weighted by molar-refractivity contribution is 0.256. The molecule has 2 aromatic rings. The quantitative estimate of drug-likeness (QED) is 0.607. The zero-order chi connectivity index (χ0) is 21.6. The molecule has 0 aliphatic carbocycles. The van der Waals surface area contributed by atoms with Gasteiger partial charge in [0.15, 0.2) is 0 Å². The minimum Gasteiger partial charge on any atom is -0.480 e. The van der Waals surface area contributed by atoms with Crippen molar-refractivity contribution in [1.29, 1.82) is 0 Å². The molecule has 0 aliphatic heterocycles. The molecule has 1 aromatic heterocycles. The highest BCUT2D eigenvalue weighted by atomic mass is 35.5. The first-order chi connectivity index (χ1) is 13.7. The number of anilines is 2. The number of hydrogen-bond acceptors (Lipinski definition) is 9. The van der Waals surface area contributed by atoms with Crippen LogP contribution in [-0.2, 0) is 10.0 Å². The van der Waals surface area contributed by atoms with Crippen molar-refractivity contribution >= 4 is 39.6 Å². The van der Waals surface area contributed by atoms with Crippen LogP contribution in [0.25, 0.3) is 0 Å². The molecular formula is C16H17ClN6O5S. The molecule has 0 radical (unpaired) electrons. The fourth-order valence-corrected chi connectivity index (χ4v) is 3.24. The molecule has 0 atom stereocenters. The molecule has 154 valence electrons. The highest BCUT2D eigenvalue weighted by Crippen LogP contribution is 2.27. The van der Waals surface area contributed by atoms with Crippen molar-refractivity contribution in [2.45, 2.75) is 4.90 Å². The maximum Gasteiger partial charge on any atom is 0.335 e. The molecule has 1 aromatic carbocycles. The van der Waals surface area contributed by atoms with Gasteiger partial charge in [0.1, 0.15) is 17.3 Å². The smallest absolute Gasteiger partial charge is 0.335 e. The number of aromatic nitrogens is 3. The van der Waals surface area contributed by atoms with Crippen molar-refractivity contribution in [2.75, 3.05) is 38.0 Å². The van der Waals surface area contributed by atoms with Crippen molar-refractivity contribution in [1.82, 2.24) is 19.7 Å². The van der Waals surface area contributed by atoms with Crippen LogP contribution in [0.15, 0.2) is 23.1 Å². The first kappa shape index (κ1) is 22.0. The van der Waals surface area contributed by atoms with Gasteiger partial charge < -0.3 is 14.4 Å². The Morgan fingerprint density at radius 3 is 2.66 bits per heavy atom. The van der Waals surface area contributed by atoms with Crippen molar-refractivity contribution in [3.63, 3.8) is 0 Å². The van der Waals surface area contributed by atoms with E-state index < -0.39 is 16.1 Å². The number of benzene rings is 1. The second-order valence-electron chi connectivity index (χ2n) is 5.48. The molecule has 0 saturated carbocycles. The van der Waals surface area contributed by atoms with E-state index in [1.807, 2.05) is 4.72 Å². The number of carbonyl (C=O) groups is 1. The summed E-state index contributed by atoms with van der Waals surface area (Å²) in [6.07, 6.45) is 5.13. The zero-order valence-corrected chi connectivity index (χ0v) is 17.2. The third-order valence-corrected chi connectivity index (χ3v) is 4.73. The number of ether oxygens (including phenoxy) is 2. The number of nitrogens with one attached hydrogen (secondary N) is 2. The Kier molecular flexibility index (Phi) is 7.03. The lowest BCUT2D eigenvalue weighted by atomic mass is 10.3. The number of halogens is 1. The van der Waals surface area contributed by atoms with Gasteiger partial charge in [0.05, 0.1) is 7.11 Å². The topological polar surface area (TPSA) is 136 Å². The van der Waals surface area contributed by atoms with Crippen LogP contribution >= 0.6 is 11.6 Å². The Bertz CT molecular complexity index is 1050. The highest BCUT2D eigenvalue weighted by molar-refractivity contribution is 7.90. The van der Waals surface area contributed by atoms with Gasteiger partial charge in [0, 0.05) is 19.1 Å². The number of amides is 2. The van der Waals surface area contributed by atoms with Crippen LogP contribution in [0.3, 0.4) is 0 Å². The maximum absolute atomic E-state index is 12.6. The van der Waals surface area contributed by atoms with E-state index in [1.54, 1.807) is 19.0 Å². The van der Waals surface area contributed by atoms with Gasteiger partial charge in [-0.1, -0.05) is 17.5 Å². The highest BCUT2D eigenvalue weighted by Gasteiger charge is 2.24. The summed E-state index contributed by atoms with van der Waals surface area (Å²) >= 11 is 5.87. The summed E-state index contributed by atoms with van der Waals surface area (Å²) in [5, 5.41) is 2.33. The molecule has 0 aliphatic rings. The third-order valence-electron chi connectivity index (χ3n) is 3.14. The maximum atomic E-state index is 12.6. The van der Waals surface area contributed by atoms with Crippen LogP contribution in [0, 0.1) is 12.3 Å². The van der Waals surface area contributed by atoms with Crippen molar-refractivity contribution in [3.05, 3.63) is 23.2 Å². The molecule has 11 nitrogen and oxygen atoms in total. The van der Waals surface area contributed by atoms with Crippen LogP contribution in [0.1, 0.15) is 0 Å². The number of terminal acetylenes is 1. The van der Waals surface area contributed by atoms with Gasteiger partial charge in [-0.2, -0.15) is 15.0 Å². The van der Waals surface area contributed by atoms with Crippen molar-refractivity contribution in [3.8, 4) is 24.1 Å². The zero-order valence-electron chi connectivity index (χ0n) is 15.6. The van der Waals surface area contributed by atoms with Gasteiger partial charge >= 0.3 is 12.0 Å². The van der Waals surface area contributed by atoms with E-state index in [2.05, 4.69) is 26.2 Å². The molecule has 2 N–H and O–H groups in total. The van der Waals surface area contributed by atoms with E-state index in [0.29, 0.717) is 0 Å². The molecule has 0 unspecified atom stereocenters. The summed E-state index contributed by atoms with van der Waals surface area (Å²) in [5.74, 6) is 2.13. The largest absolute Gasteiger partial charge is 0.480 e. The first-order valence-corrected chi connectivity index (χ1v) is 9.69. The standard InChI is InChI=1S/C16H17ClN6O5S/c1-5-8-28-11-7-6-10(17)9-12(11)29(25,26)22-15(24)19-13-18-14(23(2)3)21-16(20-13)27-4/h1,6-7,9H,8H2,2-4H3,(H2,18,19,20,21,22,24). The van der Waals surface area contributed by atoms with Crippen LogP contribution in [0.5, 0.6) is 11.8 Å². The molecule has 2 amide bonds. The molecule has 0 fully saturated rings. The average Bonchev–Trinajstić information content (AvgIpc) is 2.66. The molecule has 29 heavy (non-hydrogen) atoms. The second kappa shape index (κ2) is 9.26. The predicted molar refractivity (Wildman–Crippen MR) is 106 cm³/mol. The van der Waals surface area contributed by atoms with Gasteiger partial charge in [0.25, 0.3) is 10.0 Å². The monoisotopic (exact) mass is 440 g/mol. The Morgan fingerprint density at radius 2 is 2.03 bits per heavy atom. The molecule has 0 bridgehead atoms. The van der Waals surface area contributed by atoms with Gasteiger partial charge in [-0.15, -0.1) is 6.42 Å². The molecule has 13 heteroatoms. The predicted octanol–water partition coefficient (Wildman–Crippen LogP) is 1.12. The Morgan fingerprint density at radius 1 is 1.31 bits per heavy atom. The lowest BCUT2D eigenvalue weighted by Gasteiger charge is -2.14. The Hall–Kier alpha value is -3.30. The van der Waals surface area contributed by atoms with E-state index in [9.17, 15) is 13.2 Å². The van der Waals surface area contributed by atoms with Gasteiger partial charge in [-0.3, -0.25) is 5.32 Å². The van der Waals surface area contributed by atoms with Crippen molar-refractivity contribution < 1.29 is 22.7 Å². The summed E-state index contributed by atoms with van der Waals surface area (Å²) in [4.78, 5) is 25.2. The second-order valence-corrected chi connectivity index (χ2v) is 7.57. The molecule has 0 spiro atoms. The summed E-state index contributed by atoms with van der Waals surface area (Å²) in [7, 11) is 0.308. The Labute approximate surface area is 172 Å². The molecule has 0 saturated heterocycles. The fourth-order valence-electron chi connectivity index (χ4n) is 1.93. The van der Waals surface area contributed by atoms with E-state index in [0.717, 1.165) is 6.07 Å². The van der Waals surface area contributed by atoms with Gasteiger partial charge in [-0.05, 0) is 18.2 Å². The average molecular weight is 441 g/mol.